The van der Waals surface area contributed by atoms with E-state index in [1.165, 1.54) is 44.1 Å². The Balaban J connectivity index is 1.10. The number of hydrogen-bond acceptors (Lipinski definition) is 10. The van der Waals surface area contributed by atoms with Gasteiger partial charge in [-0.2, -0.15) is 0 Å². The molecule has 2 atom stereocenters. The zero-order valence-corrected chi connectivity index (χ0v) is 28.7. The van der Waals surface area contributed by atoms with E-state index in [0.29, 0.717) is 25.5 Å². The van der Waals surface area contributed by atoms with Crippen LogP contribution in [0.1, 0.15) is 51.8 Å². The lowest BCUT2D eigenvalue weighted by Gasteiger charge is -2.31. The van der Waals surface area contributed by atoms with E-state index in [0.717, 1.165) is 32.5 Å². The van der Waals surface area contributed by atoms with Crippen molar-refractivity contribution in [1.29, 1.82) is 0 Å². The van der Waals surface area contributed by atoms with Crippen LogP contribution in [-0.2, 0) is 10.2 Å². The maximum Gasteiger partial charge on any atom is 0.335 e. The second-order valence-electron chi connectivity index (χ2n) is 12.6. The molecular weight excluding hydrogens is 667 g/mol. The highest BCUT2D eigenvalue weighted by Crippen LogP contribution is 2.59. The molecule has 7 heterocycles. The second kappa shape index (κ2) is 11.5. The molecule has 3 aliphatic heterocycles. The first-order valence-electron chi connectivity index (χ1n) is 15.5. The van der Waals surface area contributed by atoms with Crippen LogP contribution in [0.3, 0.4) is 0 Å². The summed E-state index contributed by atoms with van der Waals surface area (Å²) in [6.45, 7) is 6.07. The number of likely N-dealkylation sites (N-methyl/N-ethyl adjacent to an activating group) is 1. The molecule has 4 aromatic heterocycles. The normalized spacial score (nSPS) is 20.6. The monoisotopic (exact) mass is 697 g/mol. The first-order chi connectivity index (χ1) is 23.1. The number of aromatic nitrogens is 1. The fourth-order valence-electron chi connectivity index (χ4n) is 6.65. The number of thiophene rings is 3. The SMILES string of the molecule is CN1C=CC(c2cc3c(s2)-c2sc(-c4scc5c4OCCO5)cc2C3(C)C)=CC1C1=CC(C(=O)O)=CC(c2cc(C(=O)O)ccn2)CN1. The molecule has 4 aliphatic rings. The minimum Gasteiger partial charge on any atom is -0.485 e. The largest absolute Gasteiger partial charge is 0.485 e. The summed E-state index contributed by atoms with van der Waals surface area (Å²) in [4.78, 5) is 36.4. The molecule has 3 N–H and O–H groups in total. The molecule has 0 radical (unpaired) electrons. The van der Waals surface area contributed by atoms with Crippen LogP contribution < -0.4 is 14.8 Å². The minimum atomic E-state index is -1.06. The Hall–Kier alpha value is -4.65. The Kier molecular flexibility index (Phi) is 7.35. The molecule has 8 rings (SSSR count). The fraction of sp³-hybridized carbons (Fsp3) is 0.250. The van der Waals surface area contributed by atoms with Crippen molar-refractivity contribution in [3.05, 3.63) is 105 Å². The Morgan fingerprint density at radius 1 is 1.00 bits per heavy atom. The van der Waals surface area contributed by atoms with Gasteiger partial charge in [-0.1, -0.05) is 19.9 Å². The second-order valence-corrected chi connectivity index (χ2v) is 15.6. The lowest BCUT2D eigenvalue weighted by atomic mass is 9.83. The fourth-order valence-corrected chi connectivity index (χ4v) is 10.5. The van der Waals surface area contributed by atoms with Crippen molar-refractivity contribution in [2.24, 2.45) is 0 Å². The Morgan fingerprint density at radius 3 is 2.52 bits per heavy atom. The number of nitrogens with zero attached hydrogens (tertiary/aromatic N) is 2. The van der Waals surface area contributed by atoms with Gasteiger partial charge in [0.1, 0.15) is 13.2 Å². The highest BCUT2D eigenvalue weighted by molar-refractivity contribution is 7.27. The summed E-state index contributed by atoms with van der Waals surface area (Å²) >= 11 is 5.26. The van der Waals surface area contributed by atoms with E-state index in [1.807, 2.05) is 34.9 Å². The van der Waals surface area contributed by atoms with Crippen molar-refractivity contribution in [1.82, 2.24) is 15.2 Å². The number of nitrogens with one attached hydrogen (secondary N) is 1. The summed E-state index contributed by atoms with van der Waals surface area (Å²) < 4.78 is 11.8. The molecular formula is C36H31N3O6S3. The lowest BCUT2D eigenvalue weighted by Crippen LogP contribution is -2.36. The third-order valence-corrected chi connectivity index (χ3v) is 12.9. The van der Waals surface area contributed by atoms with Gasteiger partial charge in [-0.25, -0.2) is 9.59 Å². The van der Waals surface area contributed by atoms with Crippen molar-refractivity contribution >= 4 is 51.5 Å². The van der Waals surface area contributed by atoms with Gasteiger partial charge in [0.05, 0.1) is 22.1 Å². The smallest absolute Gasteiger partial charge is 0.335 e. The summed E-state index contributed by atoms with van der Waals surface area (Å²) in [5.41, 5.74) is 5.03. The van der Waals surface area contributed by atoms with Crippen LogP contribution in [-0.4, -0.2) is 64.9 Å². The van der Waals surface area contributed by atoms with Crippen LogP contribution in [0.4, 0.5) is 0 Å². The molecule has 0 fully saturated rings. The van der Waals surface area contributed by atoms with E-state index in [1.54, 1.807) is 34.8 Å². The van der Waals surface area contributed by atoms with Crippen LogP contribution in [0, 0.1) is 0 Å². The molecule has 48 heavy (non-hydrogen) atoms. The quantitative estimate of drug-likeness (QED) is 0.192. The number of rotatable bonds is 6. The van der Waals surface area contributed by atoms with Crippen molar-refractivity contribution in [3.63, 3.8) is 0 Å². The van der Waals surface area contributed by atoms with E-state index in [2.05, 4.69) is 48.4 Å². The minimum absolute atomic E-state index is 0.110. The summed E-state index contributed by atoms with van der Waals surface area (Å²) in [6, 6.07) is 7.31. The number of allylic oxidation sites excluding steroid dienone is 2. The van der Waals surface area contributed by atoms with Gasteiger partial charge in [0.15, 0.2) is 11.5 Å². The van der Waals surface area contributed by atoms with Gasteiger partial charge in [-0.15, -0.1) is 34.0 Å². The molecule has 0 bridgehead atoms. The van der Waals surface area contributed by atoms with Crippen LogP contribution in [0.5, 0.6) is 11.5 Å². The summed E-state index contributed by atoms with van der Waals surface area (Å²) in [5, 5.41) is 25.1. The molecule has 12 heteroatoms. The van der Waals surface area contributed by atoms with Gasteiger partial charge in [-0.05, 0) is 59.2 Å². The van der Waals surface area contributed by atoms with Gasteiger partial charge < -0.3 is 29.9 Å². The zero-order valence-electron chi connectivity index (χ0n) is 26.3. The molecule has 1 aliphatic carbocycles. The standard InChI is InChI=1S/C36H31N3O6S3/c1-36(2)22-14-28(47-31(22)32-23(36)15-29(48-32)33-30-27(17-46-33)44-8-9-45-30)18-5-7-39(3)26(13-18)25-12-20(35(42)43)10-21(16-38-25)24-11-19(34(40)41)4-6-37-24/h4-7,10-15,17,21,26,38H,8-9,16H2,1-3H3,(H,40,41)(H,42,43). The first kappa shape index (κ1) is 30.7. The molecule has 0 saturated heterocycles. The van der Waals surface area contributed by atoms with E-state index >= 15 is 0 Å². The number of aliphatic carboxylic acids is 1. The number of fused-ring (bicyclic) bond motifs is 4. The zero-order chi connectivity index (χ0) is 33.3. The van der Waals surface area contributed by atoms with E-state index < -0.39 is 17.9 Å². The number of carboxylic acids is 2. The van der Waals surface area contributed by atoms with Crippen molar-refractivity contribution in [2.45, 2.75) is 31.2 Å². The maximum atomic E-state index is 12.3. The van der Waals surface area contributed by atoms with Crippen LogP contribution >= 0.6 is 34.0 Å². The lowest BCUT2D eigenvalue weighted by molar-refractivity contribution is -0.132. The Bertz CT molecular complexity index is 2130. The van der Waals surface area contributed by atoms with Crippen LogP contribution in [0.25, 0.3) is 25.1 Å². The number of ether oxygens (including phenoxy) is 2. The number of pyridine rings is 1. The van der Waals surface area contributed by atoms with Crippen molar-refractivity contribution < 1.29 is 29.3 Å². The van der Waals surface area contributed by atoms with Gasteiger partial charge in [0.2, 0.25) is 0 Å². The highest BCUT2D eigenvalue weighted by atomic mass is 32.1. The number of aromatic carboxylic acids is 1. The van der Waals surface area contributed by atoms with E-state index in [4.69, 9.17) is 9.47 Å². The average molecular weight is 698 g/mol. The summed E-state index contributed by atoms with van der Waals surface area (Å²) in [7, 11) is 1.97. The highest BCUT2D eigenvalue weighted by Gasteiger charge is 2.40. The number of hydrogen-bond donors (Lipinski definition) is 3. The molecule has 0 saturated carbocycles. The molecule has 0 spiro atoms. The van der Waals surface area contributed by atoms with Gasteiger partial charge in [0.25, 0.3) is 0 Å². The Labute approximate surface area is 288 Å². The van der Waals surface area contributed by atoms with Crippen molar-refractivity contribution in [2.75, 3.05) is 26.8 Å². The van der Waals surface area contributed by atoms with E-state index in [9.17, 15) is 19.8 Å². The predicted octanol–water partition coefficient (Wildman–Crippen LogP) is 7.20. The Morgan fingerprint density at radius 2 is 1.75 bits per heavy atom. The number of carboxylic acid groups (broad SMARTS) is 2. The molecule has 2 unspecified atom stereocenters. The summed E-state index contributed by atoms with van der Waals surface area (Å²) in [5.74, 6) is -0.865. The summed E-state index contributed by atoms with van der Waals surface area (Å²) in [6.07, 6.45) is 11.1. The maximum absolute atomic E-state index is 12.3. The van der Waals surface area contributed by atoms with E-state index in [-0.39, 0.29) is 22.6 Å². The van der Waals surface area contributed by atoms with Gasteiger partial charge in [-0.3, -0.25) is 4.98 Å². The van der Waals surface area contributed by atoms with Gasteiger partial charge >= 0.3 is 11.9 Å². The van der Waals surface area contributed by atoms with Crippen molar-refractivity contribution in [3.8, 4) is 31.0 Å². The third kappa shape index (κ3) is 5.06. The molecule has 0 aromatic carbocycles. The van der Waals surface area contributed by atoms with Gasteiger partial charge in [0, 0.05) is 73.6 Å². The third-order valence-electron chi connectivity index (χ3n) is 9.28. The molecule has 9 nitrogen and oxygen atoms in total. The predicted molar refractivity (Wildman–Crippen MR) is 188 cm³/mol. The first-order valence-corrected chi connectivity index (χ1v) is 18.0. The van der Waals surface area contributed by atoms with Crippen LogP contribution in [0.2, 0.25) is 0 Å². The topological polar surface area (TPSA) is 121 Å². The number of carbonyl (C=O) groups is 2. The molecule has 4 aromatic rings. The van der Waals surface area contributed by atoms with Crippen LogP contribution in [0.15, 0.2) is 77.6 Å². The average Bonchev–Trinajstić information content (AvgIpc) is 3.82. The molecule has 0 amide bonds. The molecule has 244 valence electrons.